The van der Waals surface area contributed by atoms with Gasteiger partial charge in [-0.1, -0.05) is 76.2 Å². The lowest BCUT2D eigenvalue weighted by Gasteiger charge is -2.25. The van der Waals surface area contributed by atoms with Crippen molar-refractivity contribution in [2.24, 2.45) is 0 Å². The molecule has 0 fully saturated rings. The highest BCUT2D eigenvalue weighted by Gasteiger charge is 2.16. The van der Waals surface area contributed by atoms with Gasteiger partial charge in [-0.15, -0.1) is 34.0 Å². The number of hydrogen-bond acceptors (Lipinski definition) is 4. The summed E-state index contributed by atoms with van der Waals surface area (Å²) in [6.45, 7) is 10.2. The smallest absolute Gasteiger partial charge is 0.0635 e. The first-order chi connectivity index (χ1) is 17.3. The topological polar surface area (TPSA) is 3.24 Å². The molecule has 35 heavy (non-hydrogen) atoms. The molecule has 1 nitrogen and oxygen atoms in total. The van der Waals surface area contributed by atoms with Crippen molar-refractivity contribution in [3.8, 4) is 11.1 Å². The summed E-state index contributed by atoms with van der Waals surface area (Å²) >= 11 is 5.71. The lowest BCUT2D eigenvalue weighted by molar-refractivity contribution is 1.28. The van der Waals surface area contributed by atoms with Crippen LogP contribution in [0.15, 0.2) is 96.4 Å². The second-order valence-corrected chi connectivity index (χ2v) is 10.7. The third kappa shape index (κ3) is 5.06. The third-order valence-electron chi connectivity index (χ3n) is 5.45. The molecule has 0 spiro atoms. The van der Waals surface area contributed by atoms with Crippen LogP contribution in [0.5, 0.6) is 0 Å². The van der Waals surface area contributed by atoms with Gasteiger partial charge in [-0.05, 0) is 55.0 Å². The number of hydrogen-bond donors (Lipinski definition) is 0. The fraction of sp³-hybridized carbons (Fsp3) is 0.161. The molecule has 0 amide bonds. The SMILES string of the molecule is CC.CC.Cc1cc2sc3c(-c4ccc(N(c5ccccc5)c5ccccc5)cc4)csc3c2s1. The normalized spacial score (nSPS) is 10.4. The second-order valence-electron chi connectivity index (χ2n) is 7.51. The van der Waals surface area contributed by atoms with Crippen LogP contribution in [-0.2, 0) is 0 Å². The van der Waals surface area contributed by atoms with E-state index in [1.54, 1.807) is 0 Å². The highest BCUT2D eigenvalue weighted by molar-refractivity contribution is 7.38. The summed E-state index contributed by atoms with van der Waals surface area (Å²) in [5.41, 5.74) is 6.11. The number of aryl methyl sites for hydroxylation is 1. The summed E-state index contributed by atoms with van der Waals surface area (Å²) in [6, 6.07) is 32.4. The maximum atomic E-state index is 2.32. The standard InChI is InChI=1S/C27H19NS3.2C2H6/c1-18-16-24-26(30-18)27-25(31-24)23(17-29-27)19-12-14-22(15-13-19)28(20-8-4-2-5-9-20)21-10-6-3-7-11-21;2*1-2/h2-17H,1H3;2*1-2H3. The van der Waals surface area contributed by atoms with Crippen LogP contribution in [0.3, 0.4) is 0 Å². The maximum absolute atomic E-state index is 2.32. The van der Waals surface area contributed by atoms with E-state index in [9.17, 15) is 0 Å². The Bertz CT molecular complexity index is 1430. The van der Waals surface area contributed by atoms with Crippen LogP contribution in [0, 0.1) is 6.92 Å². The average Bonchev–Trinajstić information content (AvgIpc) is 3.59. The molecule has 0 aliphatic heterocycles. The Hall–Kier alpha value is -2.92. The van der Waals surface area contributed by atoms with Crippen LogP contribution >= 0.6 is 34.0 Å². The average molecular weight is 514 g/mol. The van der Waals surface area contributed by atoms with Crippen molar-refractivity contribution in [2.45, 2.75) is 34.6 Å². The zero-order valence-corrected chi connectivity index (χ0v) is 23.4. The number of benzene rings is 3. The van der Waals surface area contributed by atoms with E-state index < -0.39 is 0 Å². The van der Waals surface area contributed by atoms with E-state index in [1.165, 1.54) is 34.8 Å². The highest BCUT2D eigenvalue weighted by Crippen LogP contribution is 2.47. The Labute approximate surface area is 220 Å². The Morgan fingerprint density at radius 1 is 0.571 bits per heavy atom. The van der Waals surface area contributed by atoms with Gasteiger partial charge in [0.2, 0.25) is 0 Å². The molecular weight excluding hydrogens is 483 g/mol. The predicted octanol–water partition coefficient (Wildman–Crippen LogP) is 11.7. The molecule has 0 aliphatic carbocycles. The molecule has 178 valence electrons. The van der Waals surface area contributed by atoms with E-state index in [0.717, 1.165) is 17.1 Å². The summed E-state index contributed by atoms with van der Waals surface area (Å²) in [5, 5.41) is 2.32. The first-order valence-corrected chi connectivity index (χ1v) is 14.7. The minimum absolute atomic E-state index is 1.16. The van der Waals surface area contributed by atoms with Crippen LogP contribution < -0.4 is 4.90 Å². The van der Waals surface area contributed by atoms with Gasteiger partial charge in [-0.3, -0.25) is 0 Å². The van der Waals surface area contributed by atoms with Gasteiger partial charge in [0.05, 0.1) is 14.1 Å². The molecule has 3 aromatic carbocycles. The molecule has 0 unspecified atom stereocenters. The molecular formula is C31H31NS3. The number of rotatable bonds is 4. The molecule has 3 aromatic heterocycles. The minimum Gasteiger partial charge on any atom is -0.311 e. The van der Waals surface area contributed by atoms with Crippen LogP contribution in [-0.4, -0.2) is 0 Å². The molecule has 0 radical (unpaired) electrons. The van der Waals surface area contributed by atoms with Gasteiger partial charge in [0.1, 0.15) is 0 Å². The lowest BCUT2D eigenvalue weighted by atomic mass is 10.1. The van der Waals surface area contributed by atoms with E-state index in [1.807, 2.05) is 61.7 Å². The summed E-state index contributed by atoms with van der Waals surface area (Å²) in [7, 11) is 0. The van der Waals surface area contributed by atoms with Crippen LogP contribution in [0.4, 0.5) is 17.1 Å². The Morgan fingerprint density at radius 3 is 1.69 bits per heavy atom. The fourth-order valence-electron chi connectivity index (χ4n) is 4.03. The third-order valence-corrected chi connectivity index (χ3v) is 9.07. The van der Waals surface area contributed by atoms with Gasteiger partial charge in [0.25, 0.3) is 0 Å². The van der Waals surface area contributed by atoms with E-state index >= 15 is 0 Å². The molecule has 0 atom stereocenters. The Balaban J connectivity index is 0.000000689. The lowest BCUT2D eigenvalue weighted by Crippen LogP contribution is -2.09. The summed E-state index contributed by atoms with van der Waals surface area (Å²) in [4.78, 5) is 3.70. The first kappa shape index (κ1) is 25.2. The van der Waals surface area contributed by atoms with Gasteiger partial charge >= 0.3 is 0 Å². The molecule has 6 rings (SSSR count). The van der Waals surface area contributed by atoms with Crippen molar-refractivity contribution in [2.75, 3.05) is 4.90 Å². The summed E-state index contributed by atoms with van der Waals surface area (Å²) < 4.78 is 5.72. The molecule has 3 heterocycles. The van der Waals surface area contributed by atoms with Crippen LogP contribution in [0.2, 0.25) is 0 Å². The van der Waals surface area contributed by atoms with Crippen molar-refractivity contribution < 1.29 is 0 Å². The molecule has 0 bridgehead atoms. The van der Waals surface area contributed by atoms with Crippen molar-refractivity contribution in [3.05, 3.63) is 101 Å². The number of fused-ring (bicyclic) bond motifs is 3. The monoisotopic (exact) mass is 513 g/mol. The van der Waals surface area contributed by atoms with Crippen molar-refractivity contribution in [1.29, 1.82) is 0 Å². The van der Waals surface area contributed by atoms with Crippen molar-refractivity contribution in [3.63, 3.8) is 0 Å². The molecule has 4 heteroatoms. The number of para-hydroxylation sites is 2. The molecule has 6 aromatic rings. The first-order valence-electron chi connectivity index (χ1n) is 12.2. The molecule has 0 saturated carbocycles. The van der Waals surface area contributed by atoms with E-state index in [4.69, 9.17) is 0 Å². The van der Waals surface area contributed by atoms with Gasteiger partial charge in [0, 0.05) is 37.6 Å². The van der Waals surface area contributed by atoms with Crippen LogP contribution in [0.25, 0.3) is 29.9 Å². The Kier molecular flexibility index (Phi) is 8.40. The highest BCUT2D eigenvalue weighted by atomic mass is 32.1. The van der Waals surface area contributed by atoms with E-state index in [-0.39, 0.29) is 0 Å². The molecule has 0 N–H and O–H groups in total. The number of nitrogens with zero attached hydrogens (tertiary/aromatic N) is 1. The van der Waals surface area contributed by atoms with Gasteiger partial charge < -0.3 is 4.90 Å². The van der Waals surface area contributed by atoms with Crippen molar-refractivity contribution >= 4 is 69.9 Å². The van der Waals surface area contributed by atoms with E-state index in [0.29, 0.717) is 0 Å². The maximum Gasteiger partial charge on any atom is 0.0635 e. The molecule has 0 aliphatic rings. The second kappa shape index (κ2) is 11.7. The van der Waals surface area contributed by atoms with E-state index in [2.05, 4.69) is 108 Å². The zero-order chi connectivity index (χ0) is 24.8. The summed E-state index contributed by atoms with van der Waals surface area (Å²) in [6.07, 6.45) is 0. The van der Waals surface area contributed by atoms with Crippen LogP contribution in [0.1, 0.15) is 32.6 Å². The largest absolute Gasteiger partial charge is 0.311 e. The number of anilines is 3. The molecule has 0 saturated heterocycles. The predicted molar refractivity (Wildman–Crippen MR) is 163 cm³/mol. The quantitative estimate of drug-likeness (QED) is 0.226. The van der Waals surface area contributed by atoms with Crippen molar-refractivity contribution in [1.82, 2.24) is 0 Å². The van der Waals surface area contributed by atoms with Gasteiger partial charge in [-0.25, -0.2) is 0 Å². The summed E-state index contributed by atoms with van der Waals surface area (Å²) in [5.74, 6) is 0. The zero-order valence-electron chi connectivity index (χ0n) is 20.9. The Morgan fingerprint density at radius 2 is 1.11 bits per heavy atom. The minimum atomic E-state index is 1.16. The van der Waals surface area contributed by atoms with Gasteiger partial charge in [-0.2, -0.15) is 0 Å². The van der Waals surface area contributed by atoms with Gasteiger partial charge in [0.15, 0.2) is 0 Å². The number of thiophene rings is 3. The fourth-order valence-corrected chi connectivity index (χ4v) is 8.01.